The smallest absolute Gasteiger partial charge is 0.180 e. The molecule has 3 aromatic heterocycles. The summed E-state index contributed by atoms with van der Waals surface area (Å²) in [5, 5.41) is 15.6. The Morgan fingerprint density at radius 2 is 1.90 bits per heavy atom. The second-order valence-electron chi connectivity index (χ2n) is 7.40. The predicted molar refractivity (Wildman–Crippen MR) is 109 cm³/mol. The first-order valence-corrected chi connectivity index (χ1v) is 9.62. The van der Waals surface area contributed by atoms with Crippen LogP contribution in [-0.2, 0) is 13.0 Å². The Labute approximate surface area is 171 Å². The van der Waals surface area contributed by atoms with Gasteiger partial charge in [-0.2, -0.15) is 4.52 Å². The van der Waals surface area contributed by atoms with Crippen molar-refractivity contribution in [2.24, 2.45) is 0 Å². The molecular formula is C21H19F2N7. The minimum absolute atomic E-state index is 0.182. The summed E-state index contributed by atoms with van der Waals surface area (Å²) in [6.07, 6.45) is 3.96. The summed E-state index contributed by atoms with van der Waals surface area (Å²) in [6, 6.07) is 5.66. The third-order valence-electron chi connectivity index (χ3n) is 5.54. The largest absolute Gasteiger partial charge is 0.350 e. The van der Waals surface area contributed by atoms with Crippen LogP contribution in [0.1, 0.15) is 22.4 Å². The highest BCUT2D eigenvalue weighted by Crippen LogP contribution is 2.29. The minimum Gasteiger partial charge on any atom is -0.350 e. The molecule has 5 rings (SSSR count). The molecule has 0 unspecified atom stereocenters. The number of pyridine rings is 1. The zero-order chi connectivity index (χ0) is 20.8. The third-order valence-corrected chi connectivity index (χ3v) is 5.54. The van der Waals surface area contributed by atoms with Crippen molar-refractivity contribution < 1.29 is 8.78 Å². The molecule has 0 bridgehead atoms. The number of nitrogens with zero attached hydrogens (tertiary/aromatic N) is 6. The van der Waals surface area contributed by atoms with Gasteiger partial charge in [0.05, 0.1) is 11.9 Å². The maximum Gasteiger partial charge on any atom is 0.180 e. The number of hydrogen-bond donors (Lipinski definition) is 1. The lowest BCUT2D eigenvalue weighted by Crippen LogP contribution is -2.32. The van der Waals surface area contributed by atoms with Crippen molar-refractivity contribution in [2.45, 2.75) is 26.8 Å². The number of hydrogen-bond acceptors (Lipinski definition) is 6. The molecule has 0 spiro atoms. The Morgan fingerprint density at radius 3 is 2.70 bits per heavy atom. The molecule has 1 aliphatic rings. The van der Waals surface area contributed by atoms with Gasteiger partial charge in [-0.1, -0.05) is 6.07 Å². The number of benzene rings is 1. The SMILES string of the molecule is Cc1c(N2CCc3ncc(Nc4c(F)cccc4F)cc3C2)nn2cnnc2c1C. The van der Waals surface area contributed by atoms with Crippen LogP contribution in [-0.4, -0.2) is 31.3 Å². The molecule has 1 aliphatic heterocycles. The first-order valence-electron chi connectivity index (χ1n) is 9.62. The Morgan fingerprint density at radius 1 is 1.10 bits per heavy atom. The van der Waals surface area contributed by atoms with Crippen LogP contribution in [0.4, 0.5) is 26.0 Å². The van der Waals surface area contributed by atoms with Gasteiger partial charge < -0.3 is 10.2 Å². The highest BCUT2D eigenvalue weighted by Gasteiger charge is 2.23. The fraction of sp³-hybridized carbons (Fsp3) is 0.238. The molecule has 1 N–H and O–H groups in total. The van der Waals surface area contributed by atoms with Crippen LogP contribution in [0.25, 0.3) is 5.65 Å². The molecule has 0 saturated carbocycles. The van der Waals surface area contributed by atoms with E-state index in [1.54, 1.807) is 17.0 Å². The molecule has 4 aromatic rings. The molecular weight excluding hydrogens is 388 g/mol. The van der Waals surface area contributed by atoms with Crippen LogP contribution in [0.2, 0.25) is 0 Å². The fourth-order valence-corrected chi connectivity index (χ4v) is 3.80. The van der Waals surface area contributed by atoms with Crippen LogP contribution in [0.15, 0.2) is 36.8 Å². The Bertz CT molecular complexity index is 1250. The van der Waals surface area contributed by atoms with Gasteiger partial charge in [0.25, 0.3) is 0 Å². The average molecular weight is 407 g/mol. The molecule has 0 amide bonds. The summed E-state index contributed by atoms with van der Waals surface area (Å²) in [7, 11) is 0. The third kappa shape index (κ3) is 3.02. The van der Waals surface area contributed by atoms with Crippen LogP contribution >= 0.6 is 0 Å². The highest BCUT2D eigenvalue weighted by atomic mass is 19.1. The number of nitrogens with one attached hydrogen (secondary N) is 1. The molecule has 152 valence electrons. The van der Waals surface area contributed by atoms with E-state index < -0.39 is 11.6 Å². The summed E-state index contributed by atoms with van der Waals surface area (Å²) in [5.41, 5.74) is 5.15. The summed E-state index contributed by atoms with van der Waals surface area (Å²) in [6.45, 7) is 5.40. The number of para-hydroxylation sites is 1. The van der Waals surface area contributed by atoms with Gasteiger partial charge in [-0.15, -0.1) is 15.3 Å². The molecule has 30 heavy (non-hydrogen) atoms. The van der Waals surface area contributed by atoms with Crippen LogP contribution in [0.3, 0.4) is 0 Å². The van der Waals surface area contributed by atoms with Crippen molar-refractivity contribution in [3.05, 3.63) is 70.8 Å². The van der Waals surface area contributed by atoms with E-state index in [9.17, 15) is 8.78 Å². The number of aromatic nitrogens is 5. The minimum atomic E-state index is -0.646. The number of anilines is 3. The Balaban J connectivity index is 1.47. The second kappa shape index (κ2) is 7.01. The number of aryl methyl sites for hydroxylation is 1. The van der Waals surface area contributed by atoms with Crippen molar-refractivity contribution in [1.29, 1.82) is 0 Å². The summed E-state index contributed by atoms with van der Waals surface area (Å²) in [4.78, 5) is 6.68. The standard InChI is InChI=1S/C21H19F2N7/c1-12-13(2)21(28-30-11-25-27-20(12)30)29-7-6-18-14(10-29)8-15(9-24-18)26-19-16(22)4-3-5-17(19)23/h3-5,8-9,11,26H,6-7,10H2,1-2H3. The number of fused-ring (bicyclic) bond motifs is 2. The summed E-state index contributed by atoms with van der Waals surface area (Å²) >= 11 is 0. The van der Waals surface area contributed by atoms with Gasteiger partial charge in [-0.3, -0.25) is 4.98 Å². The van der Waals surface area contributed by atoms with Crippen molar-refractivity contribution in [2.75, 3.05) is 16.8 Å². The Kier molecular flexibility index (Phi) is 4.30. The van der Waals surface area contributed by atoms with E-state index in [0.29, 0.717) is 12.2 Å². The van der Waals surface area contributed by atoms with E-state index in [4.69, 9.17) is 0 Å². The predicted octanol–water partition coefficient (Wildman–Crippen LogP) is 3.72. The molecule has 0 radical (unpaired) electrons. The maximum absolute atomic E-state index is 14.0. The molecule has 0 fully saturated rings. The quantitative estimate of drug-likeness (QED) is 0.558. The topological polar surface area (TPSA) is 71.2 Å². The summed E-state index contributed by atoms with van der Waals surface area (Å²) in [5.74, 6) is -0.428. The first kappa shape index (κ1) is 18.4. The van der Waals surface area contributed by atoms with Gasteiger partial charge in [0.2, 0.25) is 0 Å². The van der Waals surface area contributed by atoms with Gasteiger partial charge >= 0.3 is 0 Å². The lowest BCUT2D eigenvalue weighted by atomic mass is 10.0. The fourth-order valence-electron chi connectivity index (χ4n) is 3.80. The van der Waals surface area contributed by atoms with Crippen LogP contribution < -0.4 is 10.2 Å². The normalized spacial score (nSPS) is 13.5. The number of halogens is 2. The number of rotatable bonds is 3. The molecule has 0 atom stereocenters. The van der Waals surface area contributed by atoms with E-state index >= 15 is 0 Å². The van der Waals surface area contributed by atoms with Crippen LogP contribution in [0, 0.1) is 25.5 Å². The average Bonchev–Trinajstić information content (AvgIpc) is 3.22. The Hall–Kier alpha value is -3.62. The van der Waals surface area contributed by atoms with E-state index in [-0.39, 0.29) is 5.69 Å². The molecule has 0 aliphatic carbocycles. The van der Waals surface area contributed by atoms with Gasteiger partial charge in [-0.25, -0.2) is 8.78 Å². The monoisotopic (exact) mass is 407 g/mol. The highest BCUT2D eigenvalue weighted by molar-refractivity contribution is 5.63. The second-order valence-corrected chi connectivity index (χ2v) is 7.40. The molecule has 1 aromatic carbocycles. The molecule has 4 heterocycles. The van der Waals surface area contributed by atoms with Crippen LogP contribution in [0.5, 0.6) is 0 Å². The molecule has 9 heteroatoms. The van der Waals surface area contributed by atoms with E-state index in [0.717, 1.165) is 46.8 Å². The van der Waals surface area contributed by atoms with E-state index in [1.807, 2.05) is 19.9 Å². The van der Waals surface area contributed by atoms with E-state index in [1.165, 1.54) is 18.2 Å². The van der Waals surface area contributed by atoms with Gasteiger partial charge in [-0.05, 0) is 37.6 Å². The van der Waals surface area contributed by atoms with Crippen molar-refractivity contribution in [1.82, 2.24) is 24.8 Å². The van der Waals surface area contributed by atoms with Crippen molar-refractivity contribution in [3.8, 4) is 0 Å². The summed E-state index contributed by atoms with van der Waals surface area (Å²) < 4.78 is 29.7. The lowest BCUT2D eigenvalue weighted by Gasteiger charge is -2.30. The van der Waals surface area contributed by atoms with E-state index in [2.05, 4.69) is 30.5 Å². The van der Waals surface area contributed by atoms with Crippen molar-refractivity contribution in [3.63, 3.8) is 0 Å². The zero-order valence-electron chi connectivity index (χ0n) is 16.5. The zero-order valence-corrected chi connectivity index (χ0v) is 16.5. The van der Waals surface area contributed by atoms with Crippen molar-refractivity contribution >= 4 is 22.8 Å². The molecule has 7 nitrogen and oxygen atoms in total. The van der Waals surface area contributed by atoms with Gasteiger partial charge in [0, 0.05) is 36.3 Å². The van der Waals surface area contributed by atoms with Gasteiger partial charge in [0.1, 0.15) is 23.6 Å². The maximum atomic E-state index is 14.0. The lowest BCUT2D eigenvalue weighted by molar-refractivity contribution is 0.590. The molecule has 0 saturated heterocycles. The first-order chi connectivity index (χ1) is 14.5. The van der Waals surface area contributed by atoms with Gasteiger partial charge in [0.15, 0.2) is 11.5 Å².